The quantitative estimate of drug-likeness (QED) is 0.511. The van der Waals surface area contributed by atoms with Gasteiger partial charge in [0.25, 0.3) is 0 Å². The van der Waals surface area contributed by atoms with Gasteiger partial charge in [0.2, 0.25) is 11.8 Å². The highest BCUT2D eigenvalue weighted by Gasteiger charge is 2.35. The maximum Gasteiger partial charge on any atom is 0.248 e. The van der Waals surface area contributed by atoms with E-state index in [0.717, 1.165) is 41.7 Å². The van der Waals surface area contributed by atoms with Gasteiger partial charge in [-0.05, 0) is 66.6 Å². The van der Waals surface area contributed by atoms with Gasteiger partial charge in [-0.15, -0.1) is 11.3 Å². The molecule has 0 bridgehead atoms. The third-order valence-corrected chi connectivity index (χ3v) is 6.85. The zero-order valence-corrected chi connectivity index (χ0v) is 18.9. The minimum absolute atomic E-state index is 0.122. The van der Waals surface area contributed by atoms with Crippen LogP contribution in [0.2, 0.25) is 0 Å². The van der Waals surface area contributed by atoms with E-state index in [9.17, 15) is 14.0 Å². The van der Waals surface area contributed by atoms with Crippen LogP contribution in [0.15, 0.2) is 66.0 Å². The van der Waals surface area contributed by atoms with Crippen LogP contribution in [0, 0.1) is 12.7 Å². The Kier molecular flexibility index (Phi) is 7.00. The third-order valence-electron chi connectivity index (χ3n) is 5.97. The summed E-state index contributed by atoms with van der Waals surface area (Å²) in [5.41, 5.74) is 2.20. The highest BCUT2D eigenvalue weighted by molar-refractivity contribution is 7.10. The molecule has 0 radical (unpaired) electrons. The van der Waals surface area contributed by atoms with Gasteiger partial charge in [0, 0.05) is 16.6 Å². The van der Waals surface area contributed by atoms with Crippen LogP contribution < -0.4 is 10.2 Å². The minimum atomic E-state index is -0.838. The van der Waals surface area contributed by atoms with Gasteiger partial charge < -0.3 is 5.32 Å². The Morgan fingerprint density at radius 2 is 1.78 bits per heavy atom. The summed E-state index contributed by atoms with van der Waals surface area (Å²) in [7, 11) is 0. The second-order valence-electron chi connectivity index (χ2n) is 8.25. The first kappa shape index (κ1) is 22.2. The number of thiophene rings is 1. The van der Waals surface area contributed by atoms with Crippen LogP contribution in [0.25, 0.3) is 0 Å². The molecule has 6 heteroatoms. The van der Waals surface area contributed by atoms with Gasteiger partial charge in [0.05, 0.1) is 6.42 Å². The third kappa shape index (κ3) is 5.07. The Balaban J connectivity index is 1.77. The standard InChI is InChI=1S/C26H27FN2O2S/c1-18-7-2-5-11-23(18)25(26(31)28-20-8-3-4-9-20)29(21-14-12-19(27)13-15-21)24(30)17-22-10-6-16-32-22/h2,5-7,10-16,20,25H,3-4,8-9,17H2,1H3,(H,28,31). The van der Waals surface area contributed by atoms with Gasteiger partial charge in [-0.25, -0.2) is 4.39 Å². The van der Waals surface area contributed by atoms with Gasteiger partial charge in [0.1, 0.15) is 11.9 Å². The molecule has 1 unspecified atom stereocenters. The molecule has 1 aromatic heterocycles. The SMILES string of the molecule is Cc1ccccc1C(C(=O)NC1CCCC1)N(C(=O)Cc1cccs1)c1ccc(F)cc1. The van der Waals surface area contributed by atoms with Crippen LogP contribution in [0.4, 0.5) is 10.1 Å². The molecule has 1 N–H and O–H groups in total. The van der Waals surface area contributed by atoms with Crippen molar-refractivity contribution >= 4 is 28.8 Å². The Hall–Kier alpha value is -2.99. The molecule has 1 aliphatic carbocycles. The smallest absolute Gasteiger partial charge is 0.248 e. The lowest BCUT2D eigenvalue weighted by atomic mass is 9.97. The summed E-state index contributed by atoms with van der Waals surface area (Å²) in [5.74, 6) is -0.786. The molecule has 2 amide bonds. The van der Waals surface area contributed by atoms with Crippen molar-refractivity contribution in [3.05, 3.63) is 87.9 Å². The largest absolute Gasteiger partial charge is 0.351 e. The lowest BCUT2D eigenvalue weighted by molar-refractivity contribution is -0.127. The Bertz CT molecular complexity index is 1060. The van der Waals surface area contributed by atoms with E-state index in [2.05, 4.69) is 5.32 Å². The summed E-state index contributed by atoms with van der Waals surface area (Å²) in [6.45, 7) is 1.94. The fraction of sp³-hybridized carbons (Fsp3) is 0.308. The average Bonchev–Trinajstić information content (AvgIpc) is 3.48. The van der Waals surface area contributed by atoms with Crippen molar-refractivity contribution in [2.24, 2.45) is 0 Å². The molecular formula is C26H27FN2O2S. The first-order chi connectivity index (χ1) is 15.5. The number of halogens is 1. The van der Waals surface area contributed by atoms with E-state index in [0.29, 0.717) is 5.69 Å². The molecule has 0 saturated heterocycles. The topological polar surface area (TPSA) is 49.4 Å². The molecule has 4 rings (SSSR count). The number of nitrogens with zero attached hydrogens (tertiary/aromatic N) is 1. The van der Waals surface area contributed by atoms with Gasteiger partial charge in [0.15, 0.2) is 0 Å². The molecule has 166 valence electrons. The zero-order valence-electron chi connectivity index (χ0n) is 18.1. The number of benzene rings is 2. The molecule has 3 aromatic rings. The number of aryl methyl sites for hydroxylation is 1. The fourth-order valence-corrected chi connectivity index (χ4v) is 5.02. The molecule has 1 saturated carbocycles. The molecule has 1 atom stereocenters. The van der Waals surface area contributed by atoms with Crippen LogP contribution in [-0.2, 0) is 16.0 Å². The van der Waals surface area contributed by atoms with Crippen LogP contribution in [-0.4, -0.2) is 17.9 Å². The highest BCUT2D eigenvalue weighted by Crippen LogP contribution is 2.32. The minimum Gasteiger partial charge on any atom is -0.351 e. The van der Waals surface area contributed by atoms with Crippen LogP contribution >= 0.6 is 11.3 Å². The van der Waals surface area contributed by atoms with E-state index in [1.165, 1.54) is 28.4 Å². The summed E-state index contributed by atoms with van der Waals surface area (Å²) in [6, 6.07) is 16.5. The summed E-state index contributed by atoms with van der Waals surface area (Å²) >= 11 is 1.50. The lowest BCUT2D eigenvalue weighted by Crippen LogP contribution is -2.47. The number of anilines is 1. The van der Waals surface area contributed by atoms with Gasteiger partial charge in [-0.3, -0.25) is 14.5 Å². The molecule has 1 fully saturated rings. The average molecular weight is 451 g/mol. The molecule has 1 heterocycles. The Labute approximate surface area is 192 Å². The monoisotopic (exact) mass is 450 g/mol. The number of rotatable bonds is 7. The normalized spacial score (nSPS) is 14.8. The maximum atomic E-state index is 13.7. The van der Waals surface area contributed by atoms with Crippen LogP contribution in [0.5, 0.6) is 0 Å². The first-order valence-corrected chi connectivity index (χ1v) is 11.9. The number of carbonyl (C=O) groups is 2. The van der Waals surface area contributed by atoms with Crippen molar-refractivity contribution in [1.82, 2.24) is 5.32 Å². The summed E-state index contributed by atoms with van der Waals surface area (Å²) < 4.78 is 13.7. The molecule has 32 heavy (non-hydrogen) atoms. The number of hydrogen-bond acceptors (Lipinski definition) is 3. The van der Waals surface area contributed by atoms with Gasteiger partial charge >= 0.3 is 0 Å². The predicted molar refractivity (Wildman–Crippen MR) is 126 cm³/mol. The highest BCUT2D eigenvalue weighted by atomic mass is 32.1. The predicted octanol–water partition coefficient (Wildman–Crippen LogP) is 5.57. The maximum absolute atomic E-state index is 13.7. The number of hydrogen-bond donors (Lipinski definition) is 1. The lowest BCUT2D eigenvalue weighted by Gasteiger charge is -2.33. The van der Waals surface area contributed by atoms with Crippen molar-refractivity contribution in [3.8, 4) is 0 Å². The Morgan fingerprint density at radius 3 is 2.44 bits per heavy atom. The second kappa shape index (κ2) is 10.1. The number of amides is 2. The van der Waals surface area contributed by atoms with Crippen LogP contribution in [0.3, 0.4) is 0 Å². The van der Waals surface area contributed by atoms with E-state index in [1.807, 2.05) is 48.7 Å². The zero-order chi connectivity index (χ0) is 22.5. The molecule has 2 aromatic carbocycles. The van der Waals surface area contributed by atoms with E-state index in [1.54, 1.807) is 12.1 Å². The number of carbonyl (C=O) groups excluding carboxylic acids is 2. The van der Waals surface area contributed by atoms with E-state index < -0.39 is 6.04 Å². The summed E-state index contributed by atoms with van der Waals surface area (Å²) in [5, 5.41) is 5.10. The number of nitrogens with one attached hydrogen (secondary N) is 1. The molecular weight excluding hydrogens is 423 g/mol. The molecule has 1 aliphatic rings. The summed E-state index contributed by atoms with van der Waals surface area (Å²) in [4.78, 5) is 29.7. The van der Waals surface area contributed by atoms with Crippen LogP contribution in [0.1, 0.15) is 47.7 Å². The fourth-order valence-electron chi connectivity index (χ4n) is 4.33. The van der Waals surface area contributed by atoms with E-state index in [4.69, 9.17) is 0 Å². The molecule has 0 spiro atoms. The van der Waals surface area contributed by atoms with Crippen molar-refractivity contribution in [2.45, 2.75) is 51.1 Å². The molecule has 4 nitrogen and oxygen atoms in total. The van der Waals surface area contributed by atoms with Crippen molar-refractivity contribution < 1.29 is 14.0 Å². The van der Waals surface area contributed by atoms with Gasteiger partial charge in [-0.1, -0.05) is 43.2 Å². The van der Waals surface area contributed by atoms with Crippen molar-refractivity contribution in [2.75, 3.05) is 4.90 Å². The van der Waals surface area contributed by atoms with Gasteiger partial charge in [-0.2, -0.15) is 0 Å². The van der Waals surface area contributed by atoms with Crippen molar-refractivity contribution in [1.29, 1.82) is 0 Å². The summed E-state index contributed by atoms with van der Waals surface area (Å²) in [6.07, 6.45) is 4.27. The Morgan fingerprint density at radius 1 is 1.06 bits per heavy atom. The van der Waals surface area contributed by atoms with E-state index in [-0.39, 0.29) is 30.1 Å². The van der Waals surface area contributed by atoms with E-state index >= 15 is 0 Å². The first-order valence-electron chi connectivity index (χ1n) is 11.0. The second-order valence-corrected chi connectivity index (χ2v) is 9.28. The van der Waals surface area contributed by atoms with Crippen molar-refractivity contribution in [3.63, 3.8) is 0 Å². The molecule has 0 aliphatic heterocycles.